The van der Waals surface area contributed by atoms with E-state index >= 15 is 0 Å². The maximum Gasteiger partial charge on any atom is 0.272 e. The number of rotatable bonds is 9. The lowest BCUT2D eigenvalue weighted by Gasteiger charge is -2.21. The third-order valence-electron chi connectivity index (χ3n) is 4.02. The molecule has 0 bridgehead atoms. The number of nitrogens with one attached hydrogen (secondary N) is 1. The first-order chi connectivity index (χ1) is 12.7. The minimum absolute atomic E-state index is 0.118. The molecule has 1 aromatic heterocycles. The zero-order valence-corrected chi connectivity index (χ0v) is 15.6. The maximum atomic E-state index is 12.6. The van der Waals surface area contributed by atoms with E-state index < -0.39 is 0 Å². The van der Waals surface area contributed by atoms with Gasteiger partial charge in [0.2, 0.25) is 0 Å². The average Bonchev–Trinajstić information content (AvgIpc) is 2.68. The molecule has 0 saturated heterocycles. The Balaban J connectivity index is 1.98. The highest BCUT2D eigenvalue weighted by Gasteiger charge is 2.17. The second kappa shape index (κ2) is 10.3. The molecule has 0 atom stereocenters. The van der Waals surface area contributed by atoms with Gasteiger partial charge in [0, 0.05) is 19.6 Å². The Hall–Kier alpha value is -2.69. The molecule has 5 heteroatoms. The number of benzene rings is 1. The molecule has 2 rings (SSSR count). The molecule has 1 aromatic carbocycles. The molecule has 0 aliphatic carbocycles. The van der Waals surface area contributed by atoms with Gasteiger partial charge < -0.3 is 10.2 Å². The monoisotopic (exact) mass is 353 g/mol. The van der Waals surface area contributed by atoms with Gasteiger partial charge in [0.15, 0.2) is 0 Å². The second-order valence-electron chi connectivity index (χ2n) is 6.19. The summed E-state index contributed by atoms with van der Waals surface area (Å²) in [6.07, 6.45) is 2.54. The van der Waals surface area contributed by atoms with Crippen LogP contribution in [0.25, 0.3) is 0 Å². The Morgan fingerprint density at radius 3 is 2.23 bits per heavy atom. The van der Waals surface area contributed by atoms with Crippen LogP contribution in [0.1, 0.15) is 53.2 Å². The van der Waals surface area contributed by atoms with Crippen LogP contribution in [0, 0.1) is 0 Å². The smallest absolute Gasteiger partial charge is 0.272 e. The van der Waals surface area contributed by atoms with Crippen molar-refractivity contribution in [3.63, 3.8) is 0 Å². The summed E-state index contributed by atoms with van der Waals surface area (Å²) in [5.41, 5.74) is 1.76. The number of pyridine rings is 1. The van der Waals surface area contributed by atoms with Crippen molar-refractivity contribution in [1.29, 1.82) is 0 Å². The lowest BCUT2D eigenvalue weighted by Crippen LogP contribution is -2.34. The van der Waals surface area contributed by atoms with E-state index in [9.17, 15) is 9.59 Å². The lowest BCUT2D eigenvalue weighted by atomic mass is 10.1. The predicted molar refractivity (Wildman–Crippen MR) is 103 cm³/mol. The van der Waals surface area contributed by atoms with Gasteiger partial charge in [0.25, 0.3) is 11.8 Å². The zero-order chi connectivity index (χ0) is 18.8. The molecule has 0 aliphatic rings. The molecule has 1 N–H and O–H groups in total. The second-order valence-corrected chi connectivity index (χ2v) is 6.19. The third kappa shape index (κ3) is 5.69. The van der Waals surface area contributed by atoms with Crippen molar-refractivity contribution in [2.75, 3.05) is 19.6 Å². The van der Waals surface area contributed by atoms with E-state index in [2.05, 4.69) is 10.3 Å². The molecule has 0 spiro atoms. The van der Waals surface area contributed by atoms with Crippen molar-refractivity contribution >= 4 is 11.8 Å². The zero-order valence-electron chi connectivity index (χ0n) is 15.6. The van der Waals surface area contributed by atoms with Gasteiger partial charge in [0.05, 0.1) is 0 Å². The normalized spacial score (nSPS) is 10.4. The van der Waals surface area contributed by atoms with Gasteiger partial charge in [-0.1, -0.05) is 50.2 Å². The Bertz CT molecular complexity index is 710. The standard InChI is InChI=1S/C21H27N3O2/c1-3-15-24(16-4-2)21(26)19-12-8-11-18(23-19)20(25)22-14-13-17-9-6-5-7-10-17/h5-12H,3-4,13-16H2,1-2H3,(H,22,25). The molecule has 0 saturated carbocycles. The number of hydrogen-bond acceptors (Lipinski definition) is 3. The summed E-state index contributed by atoms with van der Waals surface area (Å²) < 4.78 is 0. The SMILES string of the molecule is CCCN(CCC)C(=O)c1cccc(C(=O)NCCc2ccccc2)n1. The molecular weight excluding hydrogens is 326 g/mol. The lowest BCUT2D eigenvalue weighted by molar-refractivity contribution is 0.0749. The molecule has 0 radical (unpaired) electrons. The minimum atomic E-state index is -0.256. The highest BCUT2D eigenvalue weighted by atomic mass is 16.2. The summed E-state index contributed by atoms with van der Waals surface area (Å²) in [5, 5.41) is 2.87. The molecular formula is C21H27N3O2. The number of carbonyl (C=O) groups is 2. The van der Waals surface area contributed by atoms with Crippen molar-refractivity contribution < 1.29 is 9.59 Å². The quantitative estimate of drug-likeness (QED) is 0.752. The highest BCUT2D eigenvalue weighted by molar-refractivity contribution is 5.96. The van der Waals surface area contributed by atoms with Gasteiger partial charge >= 0.3 is 0 Å². The van der Waals surface area contributed by atoms with Crippen LogP contribution in [0.15, 0.2) is 48.5 Å². The molecule has 5 nitrogen and oxygen atoms in total. The molecule has 138 valence electrons. The fraction of sp³-hybridized carbons (Fsp3) is 0.381. The van der Waals surface area contributed by atoms with Crippen molar-refractivity contribution in [3.05, 3.63) is 65.5 Å². The Morgan fingerprint density at radius 2 is 1.58 bits per heavy atom. The largest absolute Gasteiger partial charge is 0.350 e. The van der Waals surface area contributed by atoms with Crippen molar-refractivity contribution in [3.8, 4) is 0 Å². The summed E-state index contributed by atoms with van der Waals surface area (Å²) in [4.78, 5) is 31.0. The first-order valence-corrected chi connectivity index (χ1v) is 9.24. The molecule has 0 fully saturated rings. The van der Waals surface area contributed by atoms with E-state index in [-0.39, 0.29) is 17.5 Å². The van der Waals surface area contributed by atoms with E-state index in [1.165, 1.54) is 5.56 Å². The molecule has 26 heavy (non-hydrogen) atoms. The summed E-state index contributed by atoms with van der Waals surface area (Å²) >= 11 is 0. The fourth-order valence-electron chi connectivity index (χ4n) is 2.75. The van der Waals surface area contributed by atoms with Crippen LogP contribution >= 0.6 is 0 Å². The molecule has 0 unspecified atom stereocenters. The summed E-state index contributed by atoms with van der Waals surface area (Å²) in [7, 11) is 0. The topological polar surface area (TPSA) is 62.3 Å². The first-order valence-electron chi connectivity index (χ1n) is 9.24. The van der Waals surface area contributed by atoms with Crippen molar-refractivity contribution in [2.45, 2.75) is 33.1 Å². The van der Waals surface area contributed by atoms with Gasteiger partial charge in [-0.25, -0.2) is 4.98 Å². The molecule has 1 heterocycles. The Labute approximate surface area is 155 Å². The van der Waals surface area contributed by atoms with Crippen LogP contribution in [-0.4, -0.2) is 41.3 Å². The van der Waals surface area contributed by atoms with Crippen molar-refractivity contribution in [1.82, 2.24) is 15.2 Å². The summed E-state index contributed by atoms with van der Waals surface area (Å²) in [6.45, 7) is 6.00. The molecule has 2 aromatic rings. The summed E-state index contributed by atoms with van der Waals surface area (Å²) in [6, 6.07) is 15.0. The molecule has 2 amide bonds. The third-order valence-corrected chi connectivity index (χ3v) is 4.02. The Morgan fingerprint density at radius 1 is 0.923 bits per heavy atom. The number of hydrogen-bond donors (Lipinski definition) is 1. The van der Waals surface area contributed by atoms with E-state index in [4.69, 9.17) is 0 Å². The van der Waals surface area contributed by atoms with E-state index in [0.717, 1.165) is 19.3 Å². The fourth-order valence-corrected chi connectivity index (χ4v) is 2.75. The van der Waals surface area contributed by atoms with Gasteiger partial charge in [-0.3, -0.25) is 9.59 Å². The van der Waals surface area contributed by atoms with Gasteiger partial charge in [0.1, 0.15) is 11.4 Å². The highest BCUT2D eigenvalue weighted by Crippen LogP contribution is 2.06. The summed E-state index contributed by atoms with van der Waals surface area (Å²) in [5.74, 6) is -0.374. The van der Waals surface area contributed by atoms with Crippen LogP contribution in [0.5, 0.6) is 0 Å². The first kappa shape index (κ1) is 19.6. The van der Waals surface area contributed by atoms with Crippen LogP contribution in [-0.2, 0) is 6.42 Å². The van der Waals surface area contributed by atoms with Crippen LogP contribution in [0.2, 0.25) is 0 Å². The Kier molecular flexibility index (Phi) is 7.80. The average molecular weight is 353 g/mol. The maximum absolute atomic E-state index is 12.6. The number of aromatic nitrogens is 1. The number of nitrogens with zero attached hydrogens (tertiary/aromatic N) is 2. The van der Waals surface area contributed by atoms with Crippen LogP contribution in [0.4, 0.5) is 0 Å². The molecule has 0 aliphatic heterocycles. The van der Waals surface area contributed by atoms with Crippen LogP contribution < -0.4 is 5.32 Å². The minimum Gasteiger partial charge on any atom is -0.350 e. The van der Waals surface area contributed by atoms with E-state index in [1.54, 1.807) is 23.1 Å². The van der Waals surface area contributed by atoms with Gasteiger partial charge in [-0.05, 0) is 37.0 Å². The van der Waals surface area contributed by atoms with Gasteiger partial charge in [-0.15, -0.1) is 0 Å². The number of amides is 2. The van der Waals surface area contributed by atoms with Crippen molar-refractivity contribution in [2.24, 2.45) is 0 Å². The number of carbonyl (C=O) groups excluding carboxylic acids is 2. The van der Waals surface area contributed by atoms with Crippen LogP contribution in [0.3, 0.4) is 0 Å². The van der Waals surface area contributed by atoms with E-state index in [1.807, 2.05) is 44.2 Å². The predicted octanol–water partition coefficient (Wildman–Crippen LogP) is 3.32. The van der Waals surface area contributed by atoms with E-state index in [0.29, 0.717) is 25.3 Å². The van der Waals surface area contributed by atoms with Gasteiger partial charge in [-0.2, -0.15) is 0 Å².